The normalized spacial score (nSPS) is 22.9. The summed E-state index contributed by atoms with van der Waals surface area (Å²) in [5.74, 6) is -0.0788. The van der Waals surface area contributed by atoms with Crippen LogP contribution in [0.1, 0.15) is 32.6 Å². The van der Waals surface area contributed by atoms with Gasteiger partial charge in [-0.3, -0.25) is 4.79 Å². The summed E-state index contributed by atoms with van der Waals surface area (Å²) in [6, 6.07) is 0. The average Bonchev–Trinajstić information content (AvgIpc) is 2.74. The summed E-state index contributed by atoms with van der Waals surface area (Å²) in [6.45, 7) is 2.34. The number of nitrogens with zero attached hydrogens (tertiary/aromatic N) is 1. The van der Waals surface area contributed by atoms with Crippen LogP contribution in [-0.4, -0.2) is 36.9 Å². The van der Waals surface area contributed by atoms with E-state index in [0.29, 0.717) is 19.5 Å². The molecule has 0 aliphatic heterocycles. The van der Waals surface area contributed by atoms with E-state index in [9.17, 15) is 13.6 Å². The second kappa shape index (κ2) is 8.64. The van der Waals surface area contributed by atoms with Gasteiger partial charge in [-0.1, -0.05) is 13.3 Å². The highest BCUT2D eigenvalue weighted by Gasteiger charge is 2.35. The van der Waals surface area contributed by atoms with Gasteiger partial charge in [0.25, 0.3) is 6.43 Å². The van der Waals surface area contributed by atoms with Crippen LogP contribution in [0.2, 0.25) is 0 Å². The van der Waals surface area contributed by atoms with Crippen molar-refractivity contribution in [2.45, 2.75) is 39.0 Å². The maximum absolute atomic E-state index is 12.4. The van der Waals surface area contributed by atoms with E-state index in [2.05, 4.69) is 0 Å². The van der Waals surface area contributed by atoms with E-state index >= 15 is 0 Å². The van der Waals surface area contributed by atoms with Crippen molar-refractivity contribution in [1.82, 2.24) is 4.90 Å². The van der Waals surface area contributed by atoms with Crippen molar-refractivity contribution < 1.29 is 13.6 Å². The summed E-state index contributed by atoms with van der Waals surface area (Å²) in [4.78, 5) is 13.5. The van der Waals surface area contributed by atoms with Crippen LogP contribution in [0, 0.1) is 11.8 Å². The van der Waals surface area contributed by atoms with Gasteiger partial charge in [0.15, 0.2) is 0 Å². The zero-order chi connectivity index (χ0) is 12.8. The lowest BCUT2D eigenvalue weighted by Crippen LogP contribution is -2.41. The molecule has 0 aromatic heterocycles. The highest BCUT2D eigenvalue weighted by atomic mass is 35.5. The third kappa shape index (κ3) is 4.69. The lowest BCUT2D eigenvalue weighted by Gasteiger charge is -2.27. The summed E-state index contributed by atoms with van der Waals surface area (Å²) in [7, 11) is 0. The monoisotopic (exact) mass is 284 g/mol. The summed E-state index contributed by atoms with van der Waals surface area (Å²) in [6.07, 6.45) is 0.972. The van der Waals surface area contributed by atoms with Gasteiger partial charge in [0.2, 0.25) is 5.91 Å². The van der Waals surface area contributed by atoms with Gasteiger partial charge in [-0.2, -0.15) is 0 Å². The van der Waals surface area contributed by atoms with Gasteiger partial charge in [-0.05, 0) is 31.7 Å². The van der Waals surface area contributed by atoms with Crippen LogP contribution in [0.5, 0.6) is 0 Å². The fraction of sp³-hybridized carbons (Fsp3) is 0.917. The van der Waals surface area contributed by atoms with Crippen molar-refractivity contribution in [3.63, 3.8) is 0 Å². The van der Waals surface area contributed by atoms with Crippen molar-refractivity contribution in [2.24, 2.45) is 17.6 Å². The molecule has 1 saturated carbocycles. The van der Waals surface area contributed by atoms with Crippen LogP contribution in [0.15, 0.2) is 0 Å². The molecule has 1 amide bonds. The minimum atomic E-state index is -2.46. The van der Waals surface area contributed by atoms with Crippen molar-refractivity contribution in [2.75, 3.05) is 19.6 Å². The molecule has 3 nitrogen and oxygen atoms in total. The van der Waals surface area contributed by atoms with Crippen LogP contribution >= 0.6 is 12.4 Å². The number of halogens is 3. The van der Waals surface area contributed by atoms with Crippen LogP contribution in [0.3, 0.4) is 0 Å². The van der Waals surface area contributed by atoms with Gasteiger partial charge in [0, 0.05) is 12.5 Å². The molecule has 0 bridgehead atoms. The predicted molar refractivity (Wildman–Crippen MR) is 70.0 cm³/mol. The second-order valence-electron chi connectivity index (χ2n) is 4.71. The fourth-order valence-electron chi connectivity index (χ4n) is 2.61. The smallest absolute Gasteiger partial charge is 0.255 e. The van der Waals surface area contributed by atoms with E-state index in [1.54, 1.807) is 0 Å². The molecule has 1 fully saturated rings. The Hall–Kier alpha value is -0.420. The molecule has 0 aromatic rings. The van der Waals surface area contributed by atoms with Crippen LogP contribution in [-0.2, 0) is 4.79 Å². The number of hydrogen-bond acceptors (Lipinski definition) is 2. The van der Waals surface area contributed by atoms with Crippen LogP contribution in [0.25, 0.3) is 0 Å². The molecule has 1 rings (SSSR count). The molecule has 1 aliphatic carbocycles. The Bertz CT molecular complexity index is 254. The summed E-state index contributed by atoms with van der Waals surface area (Å²) in [5.41, 5.74) is 5.62. The Morgan fingerprint density at radius 3 is 2.61 bits per heavy atom. The molecule has 0 heterocycles. The number of nitrogens with two attached hydrogens (primary N) is 1. The molecule has 1 aliphatic rings. The molecular formula is C12H23ClF2N2O. The lowest BCUT2D eigenvalue weighted by molar-refractivity contribution is -0.138. The summed E-state index contributed by atoms with van der Waals surface area (Å²) >= 11 is 0. The van der Waals surface area contributed by atoms with E-state index in [4.69, 9.17) is 5.73 Å². The van der Waals surface area contributed by atoms with Gasteiger partial charge in [-0.15, -0.1) is 12.4 Å². The minimum absolute atomic E-state index is 0. The van der Waals surface area contributed by atoms with Crippen molar-refractivity contribution in [1.29, 1.82) is 0 Å². The fourth-order valence-corrected chi connectivity index (χ4v) is 2.61. The quantitative estimate of drug-likeness (QED) is 0.813. The van der Waals surface area contributed by atoms with E-state index in [1.165, 1.54) is 4.90 Å². The molecule has 2 atom stereocenters. The summed E-state index contributed by atoms with van der Waals surface area (Å²) < 4.78 is 24.8. The topological polar surface area (TPSA) is 46.3 Å². The first-order chi connectivity index (χ1) is 8.10. The minimum Gasteiger partial charge on any atom is -0.337 e. The lowest BCUT2D eigenvalue weighted by atomic mass is 9.94. The van der Waals surface area contributed by atoms with Crippen LogP contribution < -0.4 is 5.73 Å². The molecule has 2 N–H and O–H groups in total. The first-order valence-electron chi connectivity index (χ1n) is 6.37. The predicted octanol–water partition coefficient (Wildman–Crippen LogP) is 2.29. The third-order valence-electron chi connectivity index (χ3n) is 3.44. The van der Waals surface area contributed by atoms with Gasteiger partial charge >= 0.3 is 0 Å². The molecule has 0 radical (unpaired) electrons. The van der Waals surface area contributed by atoms with Crippen LogP contribution in [0.4, 0.5) is 8.78 Å². The number of carbonyl (C=O) groups excluding carboxylic acids is 1. The molecule has 0 aromatic carbocycles. The molecule has 0 spiro atoms. The third-order valence-corrected chi connectivity index (χ3v) is 3.44. The highest BCUT2D eigenvalue weighted by Crippen LogP contribution is 2.32. The van der Waals surface area contributed by atoms with Gasteiger partial charge in [0.1, 0.15) is 0 Å². The molecule has 0 saturated heterocycles. The molecule has 6 heteroatoms. The average molecular weight is 285 g/mol. The zero-order valence-electron chi connectivity index (χ0n) is 10.8. The Morgan fingerprint density at radius 1 is 1.44 bits per heavy atom. The van der Waals surface area contributed by atoms with Gasteiger partial charge in [-0.25, -0.2) is 8.78 Å². The Morgan fingerprint density at radius 2 is 2.11 bits per heavy atom. The maximum Gasteiger partial charge on any atom is 0.255 e. The van der Waals surface area contributed by atoms with Gasteiger partial charge < -0.3 is 10.6 Å². The Balaban J connectivity index is 0.00000289. The van der Waals surface area contributed by atoms with Crippen molar-refractivity contribution >= 4 is 18.3 Å². The van der Waals surface area contributed by atoms with E-state index in [0.717, 1.165) is 19.3 Å². The SMILES string of the molecule is CCCN(CC(F)F)C(=O)[C@@H]1CCC[C@@H]1CN.Cl. The van der Waals surface area contributed by atoms with Crippen molar-refractivity contribution in [3.05, 3.63) is 0 Å². The summed E-state index contributed by atoms with van der Waals surface area (Å²) in [5, 5.41) is 0. The highest BCUT2D eigenvalue weighted by molar-refractivity contribution is 5.85. The zero-order valence-corrected chi connectivity index (χ0v) is 11.6. The second-order valence-corrected chi connectivity index (χ2v) is 4.71. The number of rotatable bonds is 6. The van der Waals surface area contributed by atoms with E-state index < -0.39 is 13.0 Å². The largest absolute Gasteiger partial charge is 0.337 e. The molecule has 18 heavy (non-hydrogen) atoms. The number of alkyl halides is 2. The molecular weight excluding hydrogens is 262 g/mol. The maximum atomic E-state index is 12.4. The molecule has 0 unspecified atom stereocenters. The van der Waals surface area contributed by atoms with Crippen molar-refractivity contribution in [3.8, 4) is 0 Å². The first kappa shape index (κ1) is 17.6. The standard InChI is InChI=1S/C12H22F2N2O.ClH/c1-2-6-16(8-11(13)14)12(17)10-5-3-4-9(10)7-15;/h9-11H,2-8,15H2,1H3;1H/t9-,10-;/m1./s1. The number of amides is 1. The number of carbonyl (C=O) groups is 1. The Labute approximate surface area is 113 Å². The Kier molecular flexibility index (Phi) is 8.44. The van der Waals surface area contributed by atoms with E-state index in [1.807, 2.05) is 6.92 Å². The van der Waals surface area contributed by atoms with E-state index in [-0.39, 0.29) is 30.2 Å². The molecule has 108 valence electrons. The first-order valence-corrected chi connectivity index (χ1v) is 6.37. The van der Waals surface area contributed by atoms with Gasteiger partial charge in [0.05, 0.1) is 6.54 Å². The number of hydrogen-bond donors (Lipinski definition) is 1.